The molecular weight excluding hydrogens is 292 g/mol. The second kappa shape index (κ2) is 9.54. The van der Waals surface area contributed by atoms with Crippen LogP contribution in [0.5, 0.6) is 0 Å². The number of anilines is 2. The first-order chi connectivity index (χ1) is 10.0. The van der Waals surface area contributed by atoms with E-state index in [4.69, 9.17) is 15.6 Å². The van der Waals surface area contributed by atoms with Crippen LogP contribution < -0.4 is 16.4 Å². The van der Waals surface area contributed by atoms with Gasteiger partial charge in [0.25, 0.3) is 5.91 Å². The molecule has 7 nitrogen and oxygen atoms in total. The number of hydrogen-bond donors (Lipinski definition) is 4. The normalized spacial score (nSPS) is 10.9. The topological polar surface area (TPSA) is 110 Å². The molecular formula is C13H24N4O3S. The minimum Gasteiger partial charge on any atom is -0.394 e. The van der Waals surface area contributed by atoms with Crippen LogP contribution in [0.2, 0.25) is 0 Å². The molecule has 0 unspecified atom stereocenters. The maximum atomic E-state index is 12.0. The summed E-state index contributed by atoms with van der Waals surface area (Å²) in [7, 11) is 0. The Bertz CT molecular complexity index is 437. The molecule has 1 amide bonds. The Morgan fingerprint density at radius 1 is 1.48 bits per heavy atom. The average Bonchev–Trinajstić information content (AvgIpc) is 2.81. The predicted molar refractivity (Wildman–Crippen MR) is 84.7 cm³/mol. The number of nitrogens with two attached hydrogens (primary N) is 1. The molecule has 1 heterocycles. The monoisotopic (exact) mass is 316 g/mol. The van der Waals surface area contributed by atoms with Gasteiger partial charge in [0, 0.05) is 19.7 Å². The number of hydrogen-bond acceptors (Lipinski definition) is 7. The van der Waals surface area contributed by atoms with Crippen LogP contribution in [0.4, 0.5) is 10.9 Å². The van der Waals surface area contributed by atoms with Crippen LogP contribution >= 0.6 is 11.3 Å². The van der Waals surface area contributed by atoms with E-state index in [2.05, 4.69) is 29.5 Å². The maximum Gasteiger partial charge on any atom is 0.265 e. The molecule has 0 radical (unpaired) electrons. The standard InChI is InChI=1S/C13H24N4O3S/c1-9(2)8-16-13-17-11(14)10(21-13)12(19)15-4-3-6-20-7-5-18/h9,18H,3-8,14H2,1-2H3,(H,15,19)(H,16,17). The molecule has 0 saturated carbocycles. The second-order valence-electron chi connectivity index (χ2n) is 4.95. The molecule has 1 aromatic heterocycles. The summed E-state index contributed by atoms with van der Waals surface area (Å²) >= 11 is 1.26. The first-order valence-electron chi connectivity index (χ1n) is 7.01. The molecule has 0 saturated heterocycles. The van der Waals surface area contributed by atoms with Crippen LogP contribution in [-0.4, -0.2) is 48.9 Å². The van der Waals surface area contributed by atoms with Crippen molar-refractivity contribution in [3.05, 3.63) is 4.88 Å². The van der Waals surface area contributed by atoms with E-state index in [0.29, 0.717) is 42.1 Å². The van der Waals surface area contributed by atoms with Crippen LogP contribution in [0.3, 0.4) is 0 Å². The number of aliphatic hydroxyl groups excluding tert-OH is 1. The minimum atomic E-state index is -0.218. The van der Waals surface area contributed by atoms with Crippen molar-refractivity contribution >= 4 is 28.2 Å². The van der Waals surface area contributed by atoms with Gasteiger partial charge in [0.05, 0.1) is 13.2 Å². The summed E-state index contributed by atoms with van der Waals surface area (Å²) in [5, 5.41) is 15.1. The summed E-state index contributed by atoms with van der Waals surface area (Å²) in [5.41, 5.74) is 5.76. The van der Waals surface area contributed by atoms with Gasteiger partial charge in [0.2, 0.25) is 0 Å². The zero-order valence-corrected chi connectivity index (χ0v) is 13.3. The molecule has 0 aliphatic carbocycles. The van der Waals surface area contributed by atoms with Crippen LogP contribution in [0.1, 0.15) is 29.9 Å². The van der Waals surface area contributed by atoms with Crippen molar-refractivity contribution in [3.8, 4) is 0 Å². The fraction of sp³-hybridized carbons (Fsp3) is 0.692. The number of nitrogens with zero attached hydrogens (tertiary/aromatic N) is 1. The molecule has 0 fully saturated rings. The Labute approximate surface area is 128 Å². The van der Waals surface area contributed by atoms with Gasteiger partial charge in [-0.25, -0.2) is 4.98 Å². The molecule has 8 heteroatoms. The average molecular weight is 316 g/mol. The van der Waals surface area contributed by atoms with Crippen molar-refractivity contribution in [1.29, 1.82) is 0 Å². The van der Waals surface area contributed by atoms with Crippen molar-refractivity contribution in [2.75, 3.05) is 44.0 Å². The number of aliphatic hydroxyl groups is 1. The Morgan fingerprint density at radius 3 is 2.90 bits per heavy atom. The van der Waals surface area contributed by atoms with E-state index < -0.39 is 0 Å². The van der Waals surface area contributed by atoms with Crippen LogP contribution in [0.25, 0.3) is 0 Å². The molecule has 0 aromatic carbocycles. The fourth-order valence-corrected chi connectivity index (χ4v) is 2.29. The van der Waals surface area contributed by atoms with Gasteiger partial charge >= 0.3 is 0 Å². The van der Waals surface area contributed by atoms with Crippen molar-refractivity contribution in [1.82, 2.24) is 10.3 Å². The molecule has 1 rings (SSSR count). The number of rotatable bonds is 10. The molecule has 0 atom stereocenters. The lowest BCUT2D eigenvalue weighted by Gasteiger charge is -2.05. The minimum absolute atomic E-state index is 0.00983. The predicted octanol–water partition coefficient (Wildman–Crippen LogP) is 0.922. The fourth-order valence-electron chi connectivity index (χ4n) is 1.48. The first kappa shape index (κ1) is 17.7. The highest BCUT2D eigenvalue weighted by molar-refractivity contribution is 7.18. The summed E-state index contributed by atoms with van der Waals surface area (Å²) in [6, 6.07) is 0. The maximum absolute atomic E-state index is 12.0. The van der Waals surface area contributed by atoms with E-state index >= 15 is 0 Å². The lowest BCUT2D eigenvalue weighted by molar-refractivity contribution is 0.0869. The smallest absolute Gasteiger partial charge is 0.265 e. The third-order valence-electron chi connectivity index (χ3n) is 2.51. The molecule has 1 aromatic rings. The zero-order chi connectivity index (χ0) is 15.7. The number of ether oxygens (including phenoxy) is 1. The van der Waals surface area contributed by atoms with Gasteiger partial charge in [-0.3, -0.25) is 4.79 Å². The van der Waals surface area contributed by atoms with Gasteiger partial charge < -0.3 is 26.2 Å². The number of aromatic nitrogens is 1. The Kier molecular flexibility index (Phi) is 8.03. The zero-order valence-electron chi connectivity index (χ0n) is 12.5. The number of carbonyl (C=O) groups excluding carboxylic acids is 1. The largest absolute Gasteiger partial charge is 0.394 e. The summed E-state index contributed by atoms with van der Waals surface area (Å²) in [5.74, 6) is 0.524. The molecule has 0 aliphatic rings. The van der Waals surface area contributed by atoms with Crippen molar-refractivity contribution in [2.45, 2.75) is 20.3 Å². The quantitative estimate of drug-likeness (QED) is 0.478. The number of thiazole rings is 1. The van der Waals surface area contributed by atoms with Gasteiger partial charge in [0.1, 0.15) is 10.7 Å². The SMILES string of the molecule is CC(C)CNc1nc(N)c(C(=O)NCCCOCCO)s1. The Morgan fingerprint density at radius 2 is 2.24 bits per heavy atom. The van der Waals surface area contributed by atoms with E-state index in [0.717, 1.165) is 6.54 Å². The highest BCUT2D eigenvalue weighted by atomic mass is 32.1. The molecule has 120 valence electrons. The molecule has 0 bridgehead atoms. The molecule has 0 aliphatic heterocycles. The van der Waals surface area contributed by atoms with Crippen LogP contribution in [0.15, 0.2) is 0 Å². The molecule has 0 spiro atoms. The Hall–Kier alpha value is -1.38. The van der Waals surface area contributed by atoms with E-state index in [-0.39, 0.29) is 18.3 Å². The van der Waals surface area contributed by atoms with E-state index in [1.54, 1.807) is 0 Å². The molecule has 21 heavy (non-hydrogen) atoms. The number of carbonyl (C=O) groups is 1. The summed E-state index contributed by atoms with van der Waals surface area (Å²) in [6.07, 6.45) is 0.683. The highest BCUT2D eigenvalue weighted by Crippen LogP contribution is 2.24. The summed E-state index contributed by atoms with van der Waals surface area (Å²) in [6.45, 7) is 6.30. The van der Waals surface area contributed by atoms with Gasteiger partial charge in [-0.15, -0.1) is 0 Å². The van der Waals surface area contributed by atoms with Crippen molar-refractivity contribution in [3.63, 3.8) is 0 Å². The van der Waals surface area contributed by atoms with Gasteiger partial charge in [0.15, 0.2) is 5.13 Å². The van der Waals surface area contributed by atoms with Crippen molar-refractivity contribution in [2.24, 2.45) is 5.92 Å². The Balaban J connectivity index is 2.36. The van der Waals surface area contributed by atoms with Crippen molar-refractivity contribution < 1.29 is 14.6 Å². The third-order valence-corrected chi connectivity index (χ3v) is 3.54. The summed E-state index contributed by atoms with van der Waals surface area (Å²) in [4.78, 5) is 16.5. The van der Waals surface area contributed by atoms with E-state index in [1.807, 2.05) is 0 Å². The van der Waals surface area contributed by atoms with E-state index in [9.17, 15) is 4.79 Å². The highest BCUT2D eigenvalue weighted by Gasteiger charge is 2.15. The van der Waals surface area contributed by atoms with Crippen LogP contribution in [-0.2, 0) is 4.74 Å². The summed E-state index contributed by atoms with van der Waals surface area (Å²) < 4.78 is 5.11. The van der Waals surface area contributed by atoms with Gasteiger partial charge in [-0.2, -0.15) is 0 Å². The second-order valence-corrected chi connectivity index (χ2v) is 5.95. The lowest BCUT2D eigenvalue weighted by atomic mass is 10.2. The molecule has 5 N–H and O–H groups in total. The van der Waals surface area contributed by atoms with Gasteiger partial charge in [-0.05, 0) is 12.3 Å². The lowest BCUT2D eigenvalue weighted by Crippen LogP contribution is -2.25. The van der Waals surface area contributed by atoms with Crippen LogP contribution in [0, 0.1) is 5.92 Å². The first-order valence-corrected chi connectivity index (χ1v) is 7.83. The number of nitrogens with one attached hydrogen (secondary N) is 2. The third kappa shape index (κ3) is 6.74. The van der Waals surface area contributed by atoms with E-state index in [1.165, 1.54) is 11.3 Å². The number of amides is 1. The number of nitrogen functional groups attached to an aromatic ring is 1. The van der Waals surface area contributed by atoms with Gasteiger partial charge in [-0.1, -0.05) is 25.2 Å².